The van der Waals surface area contributed by atoms with Crippen LogP contribution in [0.3, 0.4) is 0 Å². The number of aromatic nitrogens is 1. The Labute approximate surface area is 93.6 Å². The normalized spacial score (nSPS) is 9.94. The quantitative estimate of drug-likeness (QED) is 0.822. The van der Waals surface area contributed by atoms with E-state index in [2.05, 4.69) is 10.5 Å². The van der Waals surface area contributed by atoms with Gasteiger partial charge in [0.1, 0.15) is 5.76 Å². The van der Waals surface area contributed by atoms with E-state index < -0.39 is 0 Å². The van der Waals surface area contributed by atoms with Crippen molar-refractivity contribution in [3.05, 3.63) is 11.8 Å². The molecule has 0 saturated carbocycles. The molecule has 16 heavy (non-hydrogen) atoms. The average Bonchev–Trinajstić information content (AvgIpc) is 2.60. The van der Waals surface area contributed by atoms with E-state index in [1.54, 1.807) is 13.0 Å². The number of anilines is 1. The third-order valence-electron chi connectivity index (χ3n) is 2.06. The Bertz CT molecular complexity index is 386. The Kier molecular flexibility index (Phi) is 4.04. The van der Waals surface area contributed by atoms with Crippen LogP contribution in [-0.4, -0.2) is 35.0 Å². The van der Waals surface area contributed by atoms with Crippen LogP contribution in [-0.2, 0) is 9.59 Å². The number of carbonyl (C=O) groups excluding carboxylic acids is 2. The maximum Gasteiger partial charge on any atom is 0.245 e. The number of amides is 2. The molecule has 6 heteroatoms. The standard InChI is InChI=1S/C10H15N3O3/c1-4-13(8(3)14)6-10(15)11-9-5-7(2)16-12-9/h5H,4,6H2,1-3H3,(H,11,12,15). The second kappa shape index (κ2) is 5.29. The summed E-state index contributed by atoms with van der Waals surface area (Å²) in [5, 5.41) is 6.17. The van der Waals surface area contributed by atoms with Crippen molar-refractivity contribution in [1.82, 2.24) is 10.1 Å². The zero-order chi connectivity index (χ0) is 12.1. The summed E-state index contributed by atoms with van der Waals surface area (Å²) in [6, 6.07) is 1.61. The molecule has 0 fully saturated rings. The van der Waals surface area contributed by atoms with E-state index in [1.165, 1.54) is 11.8 Å². The Morgan fingerprint density at radius 2 is 2.25 bits per heavy atom. The van der Waals surface area contributed by atoms with Gasteiger partial charge in [0.15, 0.2) is 5.82 Å². The molecule has 2 amide bonds. The van der Waals surface area contributed by atoms with Gasteiger partial charge in [0.2, 0.25) is 11.8 Å². The fourth-order valence-electron chi connectivity index (χ4n) is 1.23. The molecule has 0 aliphatic heterocycles. The van der Waals surface area contributed by atoms with Crippen LogP contribution in [0.4, 0.5) is 5.82 Å². The van der Waals surface area contributed by atoms with Gasteiger partial charge in [0.05, 0.1) is 6.54 Å². The number of hydrogen-bond donors (Lipinski definition) is 1. The minimum atomic E-state index is -0.287. The van der Waals surface area contributed by atoms with Gasteiger partial charge in [0.25, 0.3) is 0 Å². The van der Waals surface area contributed by atoms with Crippen LogP contribution in [0.25, 0.3) is 0 Å². The van der Waals surface area contributed by atoms with Crippen LogP contribution in [0, 0.1) is 6.92 Å². The average molecular weight is 225 g/mol. The van der Waals surface area contributed by atoms with E-state index >= 15 is 0 Å². The van der Waals surface area contributed by atoms with Crippen molar-refractivity contribution < 1.29 is 14.1 Å². The van der Waals surface area contributed by atoms with Gasteiger partial charge in [-0.1, -0.05) is 5.16 Å². The number of carbonyl (C=O) groups is 2. The Morgan fingerprint density at radius 3 is 2.69 bits per heavy atom. The summed E-state index contributed by atoms with van der Waals surface area (Å²) in [4.78, 5) is 24.0. The summed E-state index contributed by atoms with van der Waals surface area (Å²) in [5.41, 5.74) is 0. The minimum Gasteiger partial charge on any atom is -0.360 e. The lowest BCUT2D eigenvalue weighted by molar-refractivity contribution is -0.132. The second-order valence-electron chi connectivity index (χ2n) is 3.40. The Morgan fingerprint density at radius 1 is 1.56 bits per heavy atom. The zero-order valence-corrected chi connectivity index (χ0v) is 9.61. The lowest BCUT2D eigenvalue weighted by Gasteiger charge is -2.17. The van der Waals surface area contributed by atoms with E-state index in [1.807, 2.05) is 6.92 Å². The monoisotopic (exact) mass is 225 g/mol. The van der Waals surface area contributed by atoms with Gasteiger partial charge < -0.3 is 14.7 Å². The van der Waals surface area contributed by atoms with Crippen LogP contribution in [0.15, 0.2) is 10.6 Å². The van der Waals surface area contributed by atoms with Gasteiger partial charge in [-0.25, -0.2) is 0 Å². The molecule has 0 bridgehead atoms. The van der Waals surface area contributed by atoms with Crippen LogP contribution in [0.1, 0.15) is 19.6 Å². The van der Waals surface area contributed by atoms with E-state index in [4.69, 9.17) is 4.52 Å². The van der Waals surface area contributed by atoms with Gasteiger partial charge in [-0.2, -0.15) is 0 Å². The van der Waals surface area contributed by atoms with Crippen LogP contribution >= 0.6 is 0 Å². The molecule has 0 spiro atoms. The maximum atomic E-state index is 11.5. The zero-order valence-electron chi connectivity index (χ0n) is 9.61. The van der Waals surface area contributed by atoms with Gasteiger partial charge in [-0.3, -0.25) is 9.59 Å². The van der Waals surface area contributed by atoms with Gasteiger partial charge in [0, 0.05) is 19.5 Å². The first-order valence-electron chi connectivity index (χ1n) is 5.01. The highest BCUT2D eigenvalue weighted by Gasteiger charge is 2.12. The molecule has 1 aromatic rings. The van der Waals surface area contributed by atoms with Crippen molar-refractivity contribution >= 4 is 17.6 Å². The molecule has 0 atom stereocenters. The number of nitrogens with one attached hydrogen (secondary N) is 1. The molecular weight excluding hydrogens is 210 g/mol. The summed E-state index contributed by atoms with van der Waals surface area (Å²) < 4.78 is 4.80. The van der Waals surface area contributed by atoms with E-state index in [0.717, 1.165) is 0 Å². The summed E-state index contributed by atoms with van der Waals surface area (Å²) in [6.07, 6.45) is 0. The highest BCUT2D eigenvalue weighted by molar-refractivity contribution is 5.93. The van der Waals surface area contributed by atoms with Gasteiger partial charge >= 0.3 is 0 Å². The first-order valence-corrected chi connectivity index (χ1v) is 5.01. The first-order chi connectivity index (χ1) is 7.52. The number of likely N-dealkylation sites (N-methyl/N-ethyl adjacent to an activating group) is 1. The number of aryl methyl sites for hydroxylation is 1. The largest absolute Gasteiger partial charge is 0.360 e. The third kappa shape index (κ3) is 3.38. The second-order valence-corrected chi connectivity index (χ2v) is 3.40. The molecule has 0 aliphatic rings. The van der Waals surface area contributed by atoms with Crippen molar-refractivity contribution in [1.29, 1.82) is 0 Å². The topological polar surface area (TPSA) is 75.4 Å². The molecule has 1 rings (SSSR count). The smallest absolute Gasteiger partial charge is 0.245 e. The summed E-state index contributed by atoms with van der Waals surface area (Å²) >= 11 is 0. The maximum absolute atomic E-state index is 11.5. The van der Waals surface area contributed by atoms with Crippen LogP contribution in [0.5, 0.6) is 0 Å². The van der Waals surface area contributed by atoms with Crippen molar-refractivity contribution in [2.75, 3.05) is 18.4 Å². The molecule has 1 heterocycles. The molecule has 0 saturated heterocycles. The van der Waals surface area contributed by atoms with Crippen LogP contribution < -0.4 is 5.32 Å². The summed E-state index contributed by atoms with van der Waals surface area (Å²) in [7, 11) is 0. The fraction of sp³-hybridized carbons (Fsp3) is 0.500. The first kappa shape index (κ1) is 12.2. The highest BCUT2D eigenvalue weighted by Crippen LogP contribution is 2.06. The predicted octanol–water partition coefficient (Wildman–Crippen LogP) is 0.790. The molecule has 6 nitrogen and oxygen atoms in total. The lowest BCUT2D eigenvalue weighted by Crippen LogP contribution is -2.36. The Balaban J connectivity index is 2.50. The SMILES string of the molecule is CCN(CC(=O)Nc1cc(C)on1)C(C)=O. The van der Waals surface area contributed by atoms with Crippen molar-refractivity contribution in [3.63, 3.8) is 0 Å². The number of rotatable bonds is 4. The molecule has 0 aromatic carbocycles. The summed E-state index contributed by atoms with van der Waals surface area (Å²) in [6.45, 7) is 5.50. The molecule has 0 aliphatic carbocycles. The highest BCUT2D eigenvalue weighted by atomic mass is 16.5. The molecule has 1 N–H and O–H groups in total. The molecule has 0 radical (unpaired) electrons. The third-order valence-corrected chi connectivity index (χ3v) is 2.06. The van der Waals surface area contributed by atoms with Crippen LogP contribution in [0.2, 0.25) is 0 Å². The molecule has 88 valence electrons. The van der Waals surface area contributed by atoms with Gasteiger partial charge in [-0.15, -0.1) is 0 Å². The molecule has 1 aromatic heterocycles. The van der Waals surface area contributed by atoms with Crippen molar-refractivity contribution in [2.45, 2.75) is 20.8 Å². The van der Waals surface area contributed by atoms with Gasteiger partial charge in [-0.05, 0) is 13.8 Å². The lowest BCUT2D eigenvalue weighted by atomic mass is 10.4. The minimum absolute atomic E-state index is 0.0255. The van der Waals surface area contributed by atoms with E-state index in [0.29, 0.717) is 18.1 Å². The number of hydrogen-bond acceptors (Lipinski definition) is 4. The molecule has 0 unspecified atom stereocenters. The Hall–Kier alpha value is -1.85. The fourth-order valence-corrected chi connectivity index (χ4v) is 1.23. The summed E-state index contributed by atoms with van der Waals surface area (Å²) in [5.74, 6) is 0.565. The van der Waals surface area contributed by atoms with Crippen molar-refractivity contribution in [2.24, 2.45) is 0 Å². The van der Waals surface area contributed by atoms with Crippen molar-refractivity contribution in [3.8, 4) is 0 Å². The number of nitrogens with zero attached hydrogens (tertiary/aromatic N) is 2. The van der Waals surface area contributed by atoms with E-state index in [-0.39, 0.29) is 18.4 Å². The molecular formula is C10H15N3O3. The van der Waals surface area contributed by atoms with E-state index in [9.17, 15) is 9.59 Å². The predicted molar refractivity (Wildman–Crippen MR) is 57.8 cm³/mol.